The minimum atomic E-state index is 0.250. The van der Waals surface area contributed by atoms with E-state index in [9.17, 15) is 0 Å². The lowest BCUT2D eigenvalue weighted by molar-refractivity contribution is 0.849. The third-order valence-corrected chi connectivity index (χ3v) is 1.16. The van der Waals surface area contributed by atoms with Crippen molar-refractivity contribution in [2.75, 3.05) is 6.54 Å². The summed E-state index contributed by atoms with van der Waals surface area (Å²) in [5, 5.41) is 0. The molecule has 0 saturated carbocycles. The molecule has 0 radical (unpaired) electrons. The Hall–Kier alpha value is -1.00. The molecular formula is C8H9N. The number of hydrogen-bond acceptors (Lipinski definition) is 1. The predicted molar refractivity (Wildman–Crippen MR) is 38.6 cm³/mol. The van der Waals surface area contributed by atoms with Gasteiger partial charge in [-0.3, -0.25) is 0 Å². The average molecular weight is 119 g/mol. The normalized spacial score (nSPS) is 22.6. The molecule has 0 aliphatic heterocycles. The van der Waals surface area contributed by atoms with E-state index < -0.39 is 0 Å². The first-order valence-corrected chi connectivity index (χ1v) is 2.98. The molecule has 1 aliphatic carbocycles. The van der Waals surface area contributed by atoms with Gasteiger partial charge in [0.1, 0.15) is 0 Å². The van der Waals surface area contributed by atoms with Crippen LogP contribution in [0.5, 0.6) is 0 Å². The molecule has 46 valence electrons. The fraction of sp³-hybridized carbons (Fsp3) is 0.250. The van der Waals surface area contributed by atoms with E-state index in [1.165, 1.54) is 0 Å². The molecule has 1 rings (SSSR count). The molecule has 0 aromatic carbocycles. The quantitative estimate of drug-likeness (QED) is 0.505. The summed E-state index contributed by atoms with van der Waals surface area (Å²) in [4.78, 5) is 0. The van der Waals surface area contributed by atoms with Gasteiger partial charge in [0.25, 0.3) is 0 Å². The van der Waals surface area contributed by atoms with Gasteiger partial charge in [-0.05, 0) is 6.08 Å². The Morgan fingerprint density at radius 2 is 2.33 bits per heavy atom. The lowest BCUT2D eigenvalue weighted by Gasteiger charge is -1.95. The molecule has 1 aliphatic rings. The molecule has 1 heteroatoms. The van der Waals surface area contributed by atoms with Crippen LogP contribution in [0.4, 0.5) is 0 Å². The monoisotopic (exact) mass is 119 g/mol. The van der Waals surface area contributed by atoms with Crippen LogP contribution in [0, 0.1) is 17.8 Å². The van der Waals surface area contributed by atoms with Crippen LogP contribution in [0.2, 0.25) is 0 Å². The average Bonchev–Trinajstić information content (AvgIpc) is 2.13. The standard InChI is InChI=1S/C8H9N/c9-7-8-5-3-1-2-4-6-8/h1-3,5,8H,7,9H2. The van der Waals surface area contributed by atoms with E-state index in [4.69, 9.17) is 5.73 Å². The summed E-state index contributed by atoms with van der Waals surface area (Å²) < 4.78 is 0. The van der Waals surface area contributed by atoms with Crippen molar-refractivity contribution in [2.45, 2.75) is 0 Å². The number of hydrogen-bond donors (Lipinski definition) is 1. The molecule has 0 bridgehead atoms. The zero-order chi connectivity index (χ0) is 6.53. The molecule has 0 spiro atoms. The minimum absolute atomic E-state index is 0.250. The van der Waals surface area contributed by atoms with E-state index in [0.29, 0.717) is 6.54 Å². The maximum Gasteiger partial charge on any atom is 0.0511 e. The topological polar surface area (TPSA) is 26.0 Å². The SMILES string of the molecule is NCC1C#CC=CC=C1. The fourth-order valence-corrected chi connectivity index (χ4v) is 0.643. The highest BCUT2D eigenvalue weighted by Gasteiger charge is 1.93. The van der Waals surface area contributed by atoms with Crippen LogP contribution in [-0.2, 0) is 0 Å². The second kappa shape index (κ2) is 3.11. The van der Waals surface area contributed by atoms with Gasteiger partial charge in [0.15, 0.2) is 0 Å². The molecule has 1 unspecified atom stereocenters. The molecule has 0 aromatic heterocycles. The highest BCUT2D eigenvalue weighted by molar-refractivity contribution is 5.27. The Bertz CT molecular complexity index is 190. The first kappa shape index (κ1) is 6.12. The maximum absolute atomic E-state index is 5.39. The third kappa shape index (κ3) is 1.75. The van der Waals surface area contributed by atoms with E-state index in [2.05, 4.69) is 11.8 Å². The maximum atomic E-state index is 5.39. The molecule has 9 heavy (non-hydrogen) atoms. The largest absolute Gasteiger partial charge is 0.329 e. The number of nitrogens with two attached hydrogens (primary N) is 1. The Balaban J connectivity index is 2.64. The van der Waals surface area contributed by atoms with Crippen LogP contribution in [0.15, 0.2) is 24.3 Å². The minimum Gasteiger partial charge on any atom is -0.329 e. The Morgan fingerprint density at radius 3 is 3.11 bits per heavy atom. The van der Waals surface area contributed by atoms with Crippen LogP contribution in [0.3, 0.4) is 0 Å². The molecule has 0 saturated heterocycles. The van der Waals surface area contributed by atoms with Crippen molar-refractivity contribution < 1.29 is 0 Å². The van der Waals surface area contributed by atoms with Gasteiger partial charge in [0.2, 0.25) is 0 Å². The molecule has 1 atom stereocenters. The van der Waals surface area contributed by atoms with Gasteiger partial charge in [-0.1, -0.05) is 30.1 Å². The number of rotatable bonds is 1. The fourth-order valence-electron chi connectivity index (χ4n) is 0.643. The van der Waals surface area contributed by atoms with Crippen molar-refractivity contribution in [1.29, 1.82) is 0 Å². The molecular weight excluding hydrogens is 110 g/mol. The number of allylic oxidation sites excluding steroid dienone is 3. The van der Waals surface area contributed by atoms with Crippen LogP contribution in [-0.4, -0.2) is 6.54 Å². The summed E-state index contributed by atoms with van der Waals surface area (Å²) in [5.74, 6) is 6.11. The van der Waals surface area contributed by atoms with Crippen molar-refractivity contribution in [1.82, 2.24) is 0 Å². The van der Waals surface area contributed by atoms with Crippen molar-refractivity contribution in [3.05, 3.63) is 24.3 Å². The first-order valence-electron chi connectivity index (χ1n) is 2.98. The second-order valence-corrected chi connectivity index (χ2v) is 1.87. The summed E-state index contributed by atoms with van der Waals surface area (Å²) in [7, 11) is 0. The van der Waals surface area contributed by atoms with E-state index >= 15 is 0 Å². The Morgan fingerprint density at radius 1 is 1.44 bits per heavy atom. The molecule has 0 aromatic rings. The Kier molecular flexibility index (Phi) is 2.12. The van der Waals surface area contributed by atoms with Crippen LogP contribution >= 0.6 is 0 Å². The summed E-state index contributed by atoms with van der Waals surface area (Å²) in [6.45, 7) is 0.616. The summed E-state index contributed by atoms with van der Waals surface area (Å²) in [6.07, 6.45) is 7.72. The summed E-state index contributed by atoms with van der Waals surface area (Å²) in [6, 6.07) is 0. The van der Waals surface area contributed by atoms with Crippen LogP contribution < -0.4 is 5.73 Å². The highest BCUT2D eigenvalue weighted by Crippen LogP contribution is 1.96. The third-order valence-electron chi connectivity index (χ3n) is 1.16. The van der Waals surface area contributed by atoms with Gasteiger partial charge in [0.05, 0.1) is 5.92 Å². The van der Waals surface area contributed by atoms with E-state index in [0.717, 1.165) is 0 Å². The molecule has 0 amide bonds. The Labute approximate surface area is 55.2 Å². The predicted octanol–water partition coefficient (Wildman–Crippen LogP) is 0.691. The van der Waals surface area contributed by atoms with Crippen molar-refractivity contribution in [2.24, 2.45) is 11.7 Å². The second-order valence-electron chi connectivity index (χ2n) is 1.87. The summed E-state index contributed by atoms with van der Waals surface area (Å²) in [5.41, 5.74) is 5.39. The molecule has 0 heterocycles. The molecule has 2 N–H and O–H groups in total. The van der Waals surface area contributed by atoms with Gasteiger partial charge in [0, 0.05) is 6.54 Å². The molecule has 0 fully saturated rings. The first-order chi connectivity index (χ1) is 4.43. The van der Waals surface area contributed by atoms with Gasteiger partial charge in [-0.2, -0.15) is 0 Å². The van der Waals surface area contributed by atoms with Crippen molar-refractivity contribution in [3.63, 3.8) is 0 Å². The highest BCUT2D eigenvalue weighted by atomic mass is 14.5. The van der Waals surface area contributed by atoms with Crippen LogP contribution in [0.1, 0.15) is 0 Å². The van der Waals surface area contributed by atoms with Crippen molar-refractivity contribution in [3.8, 4) is 11.8 Å². The zero-order valence-corrected chi connectivity index (χ0v) is 5.17. The van der Waals surface area contributed by atoms with E-state index in [1.807, 2.05) is 24.3 Å². The van der Waals surface area contributed by atoms with Crippen LogP contribution in [0.25, 0.3) is 0 Å². The summed E-state index contributed by atoms with van der Waals surface area (Å²) >= 11 is 0. The zero-order valence-electron chi connectivity index (χ0n) is 5.17. The van der Waals surface area contributed by atoms with Gasteiger partial charge in [-0.25, -0.2) is 0 Å². The lowest BCUT2D eigenvalue weighted by Crippen LogP contribution is -2.09. The molecule has 1 nitrogen and oxygen atoms in total. The van der Waals surface area contributed by atoms with E-state index in [1.54, 1.807) is 0 Å². The lowest BCUT2D eigenvalue weighted by atomic mass is 10.1. The van der Waals surface area contributed by atoms with E-state index in [-0.39, 0.29) is 5.92 Å². The van der Waals surface area contributed by atoms with Gasteiger partial charge >= 0.3 is 0 Å². The van der Waals surface area contributed by atoms with Gasteiger partial charge < -0.3 is 5.73 Å². The smallest absolute Gasteiger partial charge is 0.0511 e. The van der Waals surface area contributed by atoms with Gasteiger partial charge in [-0.15, -0.1) is 0 Å². The van der Waals surface area contributed by atoms with Crippen molar-refractivity contribution >= 4 is 0 Å².